The minimum absolute atomic E-state index is 0.241. The van der Waals surface area contributed by atoms with E-state index in [1.165, 1.54) is 10.9 Å². The molecule has 0 aliphatic carbocycles. The lowest BCUT2D eigenvalue weighted by atomic mass is 10.2. The summed E-state index contributed by atoms with van der Waals surface area (Å²) in [6.45, 7) is 1.65. The number of hydrogen-bond acceptors (Lipinski definition) is 4. The topological polar surface area (TPSA) is 76.9 Å². The highest BCUT2D eigenvalue weighted by atomic mass is 16.2. The Morgan fingerprint density at radius 3 is 2.68 bits per heavy atom. The highest BCUT2D eigenvalue weighted by Gasteiger charge is 2.17. The molecule has 22 heavy (non-hydrogen) atoms. The van der Waals surface area contributed by atoms with Crippen molar-refractivity contribution in [1.29, 1.82) is 0 Å². The Bertz CT molecular complexity index is 874. The number of pyridine rings is 1. The van der Waals surface area contributed by atoms with E-state index in [9.17, 15) is 9.59 Å². The highest BCUT2D eigenvalue weighted by molar-refractivity contribution is 5.92. The molecule has 0 saturated heterocycles. The third kappa shape index (κ3) is 2.58. The van der Waals surface area contributed by atoms with Gasteiger partial charge in [0.25, 0.3) is 5.56 Å². The number of fused-ring (bicyclic) bond motifs is 1. The van der Waals surface area contributed by atoms with Gasteiger partial charge >= 0.3 is 0 Å². The van der Waals surface area contributed by atoms with Crippen LogP contribution in [0, 0.1) is 0 Å². The third-order valence-electron chi connectivity index (χ3n) is 3.40. The highest BCUT2D eigenvalue weighted by Crippen LogP contribution is 2.10. The van der Waals surface area contributed by atoms with Crippen LogP contribution in [-0.4, -0.2) is 20.4 Å². The second kappa shape index (κ2) is 5.77. The first-order chi connectivity index (χ1) is 10.7. The van der Waals surface area contributed by atoms with E-state index in [0.717, 1.165) is 0 Å². The van der Waals surface area contributed by atoms with Crippen LogP contribution < -0.4 is 10.9 Å². The van der Waals surface area contributed by atoms with Gasteiger partial charge in [-0.1, -0.05) is 18.2 Å². The van der Waals surface area contributed by atoms with Crippen LogP contribution in [-0.2, 0) is 4.79 Å². The molecule has 1 aromatic carbocycles. The van der Waals surface area contributed by atoms with Crippen LogP contribution >= 0.6 is 0 Å². The van der Waals surface area contributed by atoms with E-state index in [1.54, 1.807) is 49.5 Å². The van der Waals surface area contributed by atoms with Gasteiger partial charge in [-0.15, -0.1) is 0 Å². The molecular weight excluding hydrogens is 280 g/mol. The standard InChI is InChI=1S/C16H14N4O2/c1-11(15(21)19-14-8-4-5-9-17-14)20-10-18-13-7-3-2-6-12(13)16(20)22/h2-11H,1H3,(H,17,19,21)/t11-/m0/s1. The second-order valence-electron chi connectivity index (χ2n) is 4.85. The SMILES string of the molecule is C[C@@H](C(=O)Nc1ccccn1)n1cnc2ccccc2c1=O. The third-order valence-corrected chi connectivity index (χ3v) is 3.40. The molecule has 110 valence electrons. The first-order valence-electron chi connectivity index (χ1n) is 6.84. The van der Waals surface area contributed by atoms with Crippen LogP contribution in [0.3, 0.4) is 0 Å². The van der Waals surface area contributed by atoms with Crippen molar-refractivity contribution in [1.82, 2.24) is 14.5 Å². The van der Waals surface area contributed by atoms with Crippen molar-refractivity contribution >= 4 is 22.6 Å². The molecule has 0 spiro atoms. The summed E-state index contributed by atoms with van der Waals surface area (Å²) in [5, 5.41) is 3.17. The summed E-state index contributed by atoms with van der Waals surface area (Å²) in [6, 6.07) is 11.6. The fourth-order valence-electron chi connectivity index (χ4n) is 2.15. The number of nitrogens with zero attached hydrogens (tertiary/aromatic N) is 3. The van der Waals surface area contributed by atoms with Crippen LogP contribution in [0.4, 0.5) is 5.82 Å². The van der Waals surface area contributed by atoms with Gasteiger partial charge in [-0.3, -0.25) is 14.2 Å². The quantitative estimate of drug-likeness (QED) is 0.801. The van der Waals surface area contributed by atoms with Crippen LogP contribution in [0.25, 0.3) is 10.9 Å². The molecule has 2 heterocycles. The zero-order valence-corrected chi connectivity index (χ0v) is 11.9. The molecular formula is C16H14N4O2. The van der Waals surface area contributed by atoms with E-state index < -0.39 is 6.04 Å². The predicted octanol–water partition coefficient (Wildman–Crippen LogP) is 1.99. The average molecular weight is 294 g/mol. The van der Waals surface area contributed by atoms with Crippen molar-refractivity contribution in [3.8, 4) is 0 Å². The van der Waals surface area contributed by atoms with Crippen LogP contribution in [0.1, 0.15) is 13.0 Å². The van der Waals surface area contributed by atoms with Crippen molar-refractivity contribution in [2.24, 2.45) is 0 Å². The normalized spacial score (nSPS) is 12.0. The Morgan fingerprint density at radius 2 is 1.91 bits per heavy atom. The van der Waals surface area contributed by atoms with Gasteiger partial charge in [0.05, 0.1) is 17.2 Å². The molecule has 0 unspecified atom stereocenters. The largest absolute Gasteiger partial charge is 0.309 e. The van der Waals surface area contributed by atoms with E-state index in [2.05, 4.69) is 15.3 Å². The van der Waals surface area contributed by atoms with Crippen LogP contribution in [0.15, 0.2) is 59.8 Å². The number of anilines is 1. The van der Waals surface area contributed by atoms with Crippen molar-refractivity contribution < 1.29 is 4.79 Å². The number of carbonyl (C=O) groups excluding carboxylic acids is 1. The summed E-state index contributed by atoms with van der Waals surface area (Å²) in [4.78, 5) is 33.0. The molecule has 6 heteroatoms. The molecule has 3 aromatic rings. The van der Waals surface area contributed by atoms with Gasteiger partial charge in [0.2, 0.25) is 5.91 Å². The monoisotopic (exact) mass is 294 g/mol. The van der Waals surface area contributed by atoms with Crippen molar-refractivity contribution in [2.75, 3.05) is 5.32 Å². The number of nitrogens with one attached hydrogen (secondary N) is 1. The number of benzene rings is 1. The molecule has 1 N–H and O–H groups in total. The van der Waals surface area contributed by atoms with Crippen molar-refractivity contribution in [3.05, 3.63) is 65.3 Å². The lowest BCUT2D eigenvalue weighted by Crippen LogP contribution is -2.32. The summed E-state index contributed by atoms with van der Waals surface area (Å²) in [6.07, 6.45) is 2.98. The second-order valence-corrected chi connectivity index (χ2v) is 4.85. The van der Waals surface area contributed by atoms with E-state index in [-0.39, 0.29) is 11.5 Å². The Morgan fingerprint density at radius 1 is 1.14 bits per heavy atom. The first-order valence-corrected chi connectivity index (χ1v) is 6.84. The molecule has 6 nitrogen and oxygen atoms in total. The molecule has 0 aliphatic rings. The van der Waals surface area contributed by atoms with E-state index in [1.807, 2.05) is 6.07 Å². The molecule has 0 fully saturated rings. The average Bonchev–Trinajstić information content (AvgIpc) is 2.56. The predicted molar refractivity (Wildman–Crippen MR) is 83.6 cm³/mol. The zero-order valence-electron chi connectivity index (χ0n) is 11.9. The lowest BCUT2D eigenvalue weighted by molar-refractivity contribution is -0.118. The first kappa shape index (κ1) is 13.9. The zero-order chi connectivity index (χ0) is 15.5. The number of amides is 1. The summed E-state index contributed by atoms with van der Waals surface area (Å²) >= 11 is 0. The minimum Gasteiger partial charge on any atom is -0.309 e. The Labute approximate surface area is 126 Å². The summed E-state index contributed by atoms with van der Waals surface area (Å²) in [5.41, 5.74) is 0.371. The number of aromatic nitrogens is 3. The maximum atomic E-state index is 12.5. The molecule has 0 saturated carbocycles. The fourth-order valence-corrected chi connectivity index (χ4v) is 2.15. The van der Waals surface area contributed by atoms with Gasteiger partial charge in [-0.2, -0.15) is 0 Å². The summed E-state index contributed by atoms with van der Waals surface area (Å²) < 4.78 is 1.32. The van der Waals surface area contributed by atoms with Gasteiger partial charge in [0.15, 0.2) is 0 Å². The molecule has 3 rings (SSSR count). The summed E-state index contributed by atoms with van der Waals surface area (Å²) in [7, 11) is 0. The molecule has 0 aliphatic heterocycles. The van der Waals surface area contributed by atoms with Gasteiger partial charge in [-0.25, -0.2) is 9.97 Å². The Hall–Kier alpha value is -3.02. The Kier molecular flexibility index (Phi) is 3.65. The number of carbonyl (C=O) groups is 1. The summed E-state index contributed by atoms with van der Waals surface area (Å²) in [5.74, 6) is 0.124. The Balaban J connectivity index is 1.92. The van der Waals surface area contributed by atoms with Crippen LogP contribution in [0.5, 0.6) is 0 Å². The molecule has 1 atom stereocenters. The van der Waals surface area contributed by atoms with E-state index >= 15 is 0 Å². The number of para-hydroxylation sites is 1. The molecule has 0 bridgehead atoms. The van der Waals surface area contributed by atoms with Crippen molar-refractivity contribution in [3.63, 3.8) is 0 Å². The van der Waals surface area contributed by atoms with E-state index in [0.29, 0.717) is 16.7 Å². The lowest BCUT2D eigenvalue weighted by Gasteiger charge is -2.14. The number of hydrogen-bond donors (Lipinski definition) is 1. The molecule has 1 amide bonds. The molecule has 0 radical (unpaired) electrons. The van der Waals surface area contributed by atoms with Gasteiger partial charge in [0, 0.05) is 6.20 Å². The van der Waals surface area contributed by atoms with Crippen LogP contribution in [0.2, 0.25) is 0 Å². The number of rotatable bonds is 3. The maximum Gasteiger partial charge on any atom is 0.261 e. The van der Waals surface area contributed by atoms with Gasteiger partial charge < -0.3 is 5.32 Å². The smallest absolute Gasteiger partial charge is 0.261 e. The van der Waals surface area contributed by atoms with Gasteiger partial charge in [-0.05, 0) is 31.2 Å². The minimum atomic E-state index is -0.688. The van der Waals surface area contributed by atoms with Crippen molar-refractivity contribution in [2.45, 2.75) is 13.0 Å². The van der Waals surface area contributed by atoms with Gasteiger partial charge in [0.1, 0.15) is 11.9 Å². The maximum absolute atomic E-state index is 12.5. The molecule has 2 aromatic heterocycles. The van der Waals surface area contributed by atoms with E-state index in [4.69, 9.17) is 0 Å². The fraction of sp³-hybridized carbons (Fsp3) is 0.125.